The summed E-state index contributed by atoms with van der Waals surface area (Å²) in [5.74, 6) is 4.33. The third kappa shape index (κ3) is 5.77. The van der Waals surface area contributed by atoms with Crippen LogP contribution in [0, 0.1) is 0 Å². The third-order valence-electron chi connectivity index (χ3n) is 6.32. The lowest BCUT2D eigenvalue weighted by molar-refractivity contribution is -0.634. The molecule has 10 nitrogen and oxygen atoms in total. The molecule has 0 spiro atoms. The van der Waals surface area contributed by atoms with Gasteiger partial charge in [-0.2, -0.15) is 0 Å². The first-order valence-corrected chi connectivity index (χ1v) is 16.4. The van der Waals surface area contributed by atoms with Gasteiger partial charge in [0.1, 0.15) is 17.1 Å². The number of nitrogens with zero attached hydrogens (tertiary/aromatic N) is 3. The van der Waals surface area contributed by atoms with Gasteiger partial charge in [0.15, 0.2) is 5.03 Å². The molecule has 206 valence electrons. The Labute approximate surface area is 251 Å². The van der Waals surface area contributed by atoms with Crippen molar-refractivity contribution in [2.24, 2.45) is 0 Å². The number of aliphatic carboxylic acids is 1. The Bertz CT molecular complexity index is 1410. The molecule has 5 rings (SSSR count). The molecule has 1 aliphatic carbocycles. The van der Waals surface area contributed by atoms with Crippen LogP contribution in [0.2, 0.25) is 10.0 Å². The molecule has 1 aromatic heterocycles. The van der Waals surface area contributed by atoms with Gasteiger partial charge in [-0.25, -0.2) is 0 Å². The van der Waals surface area contributed by atoms with Gasteiger partial charge in [-0.05, 0) is 31.0 Å². The number of fused-ring (bicyclic) bond motifs is 2. The summed E-state index contributed by atoms with van der Waals surface area (Å²) in [7, 11) is 0. The maximum atomic E-state index is 12.9. The van der Waals surface area contributed by atoms with Crippen molar-refractivity contribution in [3.63, 3.8) is 0 Å². The van der Waals surface area contributed by atoms with E-state index in [-0.39, 0.29) is 23.3 Å². The van der Waals surface area contributed by atoms with Gasteiger partial charge in [-0.15, -0.1) is 40.0 Å². The largest absolute Gasteiger partial charge is 0.543 e. The van der Waals surface area contributed by atoms with Crippen molar-refractivity contribution in [1.82, 2.24) is 15.2 Å². The molecule has 2 atom stereocenters. The van der Waals surface area contributed by atoms with Gasteiger partial charge in [0.25, 0.3) is 5.91 Å². The van der Waals surface area contributed by atoms with E-state index in [0.29, 0.717) is 30.7 Å². The van der Waals surface area contributed by atoms with E-state index in [1.807, 2.05) is 0 Å². The van der Waals surface area contributed by atoms with Crippen molar-refractivity contribution in [3.05, 3.63) is 50.1 Å². The van der Waals surface area contributed by atoms with Gasteiger partial charge in [0.2, 0.25) is 5.91 Å². The smallest absolute Gasteiger partial charge is 0.412 e. The summed E-state index contributed by atoms with van der Waals surface area (Å²) in [6, 6.07) is 4.13. The highest BCUT2D eigenvalue weighted by molar-refractivity contribution is 8.18. The van der Waals surface area contributed by atoms with Crippen LogP contribution in [-0.4, -0.2) is 55.7 Å². The van der Waals surface area contributed by atoms with Gasteiger partial charge in [0.05, 0.1) is 27.5 Å². The summed E-state index contributed by atoms with van der Waals surface area (Å²) in [6.07, 6.45) is 2.66. The van der Waals surface area contributed by atoms with Crippen LogP contribution >= 0.6 is 70.2 Å². The second-order valence-electron chi connectivity index (χ2n) is 8.71. The number of thioether (sulfide) groups is 4. The Morgan fingerprint density at radius 1 is 1.26 bits per heavy atom. The summed E-state index contributed by atoms with van der Waals surface area (Å²) < 4.78 is 1.42. The zero-order chi connectivity index (χ0) is 27.8. The lowest BCUT2D eigenvalue weighted by atomic mass is 10.1. The molecule has 5 N–H and O–H groups in total. The van der Waals surface area contributed by atoms with Crippen molar-refractivity contribution < 1.29 is 24.2 Å². The summed E-state index contributed by atoms with van der Waals surface area (Å²) in [5, 5.41) is 16.5. The van der Waals surface area contributed by atoms with E-state index in [4.69, 9.17) is 34.8 Å². The molecule has 2 aliphatic heterocycles. The summed E-state index contributed by atoms with van der Waals surface area (Å²) >= 11 is 17.5. The van der Waals surface area contributed by atoms with Gasteiger partial charge >= 0.3 is 5.95 Å². The maximum absolute atomic E-state index is 12.9. The minimum Gasteiger partial charge on any atom is -0.543 e. The molecular formula is C23H22Cl2N6O4S4. The molecule has 3 heterocycles. The number of carbonyl (C=O) groups excluding carboxylic acids is 3. The highest BCUT2D eigenvalue weighted by Crippen LogP contribution is 2.44. The Hall–Kier alpha value is -1.97. The molecule has 2 amide bonds. The molecule has 0 saturated carbocycles. The summed E-state index contributed by atoms with van der Waals surface area (Å²) in [6.45, 7) is 0. The number of rotatable bonds is 9. The number of carboxylic acids is 1. The van der Waals surface area contributed by atoms with E-state index in [9.17, 15) is 19.5 Å². The topological polar surface area (TPSA) is 158 Å². The van der Waals surface area contributed by atoms with Crippen LogP contribution in [-0.2, 0) is 27.2 Å². The maximum Gasteiger partial charge on any atom is 0.412 e. The van der Waals surface area contributed by atoms with Crippen LogP contribution in [0.3, 0.4) is 0 Å². The number of nitrogen functional groups attached to an aromatic ring is 2. The molecule has 1 saturated heterocycles. The standard InChI is InChI=1S/C23H22Cl2N6O4S4/c24-10-4-5-12(25)14(6-10)36-8-16(32)28-17-20(33)30-18(22(34)35)15(7-37-21(17)30)38-9-39-19-11-2-1-3-13(11)31(27)23(26)29-19/h4-6,17,21,26H,1-3,7-9,27H2,(H2,28,32,34,35). The van der Waals surface area contributed by atoms with Crippen molar-refractivity contribution in [1.29, 1.82) is 0 Å². The first kappa shape index (κ1) is 28.6. The summed E-state index contributed by atoms with van der Waals surface area (Å²) in [5.41, 5.74) is 7.84. The lowest BCUT2D eigenvalue weighted by Crippen LogP contribution is -2.71. The van der Waals surface area contributed by atoms with Gasteiger partial charge in [0, 0.05) is 32.6 Å². The first-order chi connectivity index (χ1) is 18.7. The lowest BCUT2D eigenvalue weighted by Gasteiger charge is -2.50. The quantitative estimate of drug-likeness (QED) is 0.0904. The fraction of sp³-hybridized carbons (Fsp3) is 0.348. The molecule has 1 aromatic carbocycles. The molecule has 3 aliphatic rings. The molecule has 2 unspecified atom stereocenters. The number of hydrogen-bond acceptors (Lipinski definition) is 11. The number of benzene rings is 1. The number of carboxylic acid groups (broad SMARTS) is 1. The second kappa shape index (κ2) is 11.9. The number of hydrogen-bond donors (Lipinski definition) is 3. The van der Waals surface area contributed by atoms with Crippen LogP contribution in [0.15, 0.2) is 38.7 Å². The number of β-lactam (4-membered cyclic amide) rings is 1. The number of halogens is 2. The zero-order valence-electron chi connectivity index (χ0n) is 20.1. The molecule has 1 fully saturated rings. The van der Waals surface area contributed by atoms with Gasteiger partial charge < -0.3 is 15.2 Å². The minimum absolute atomic E-state index is 0.0225. The van der Waals surface area contributed by atoms with Gasteiger partial charge in [-0.1, -0.05) is 39.9 Å². The number of amides is 2. The monoisotopic (exact) mass is 644 g/mol. The fourth-order valence-corrected chi connectivity index (χ4v) is 9.66. The normalized spacial score (nSPS) is 19.9. The predicted molar refractivity (Wildman–Crippen MR) is 154 cm³/mol. The van der Waals surface area contributed by atoms with Crippen molar-refractivity contribution in [3.8, 4) is 0 Å². The SMILES string of the molecule is Nc1nc(SCSC2=C(C(=O)[O-])N3C(=O)C(NC(=O)CSc4cc(Cl)ccc4Cl)C3SC2)c2c([n+]1N)CCC2. The van der Waals surface area contributed by atoms with Crippen LogP contribution in [0.4, 0.5) is 5.95 Å². The molecule has 0 radical (unpaired) electrons. The molecule has 16 heteroatoms. The Balaban J connectivity index is 1.21. The molecule has 39 heavy (non-hydrogen) atoms. The van der Waals surface area contributed by atoms with E-state index in [1.54, 1.807) is 18.2 Å². The van der Waals surface area contributed by atoms with Gasteiger partial charge in [-0.3, -0.25) is 26.1 Å². The van der Waals surface area contributed by atoms with Crippen LogP contribution in [0.5, 0.6) is 0 Å². The number of carbonyl (C=O) groups is 3. The van der Waals surface area contributed by atoms with E-state index < -0.39 is 23.3 Å². The minimum atomic E-state index is -1.43. The molecular weight excluding hydrogens is 623 g/mol. The zero-order valence-corrected chi connectivity index (χ0v) is 24.9. The Morgan fingerprint density at radius 2 is 2.05 bits per heavy atom. The van der Waals surface area contributed by atoms with Crippen LogP contribution in [0.25, 0.3) is 0 Å². The van der Waals surface area contributed by atoms with Crippen LogP contribution in [0.1, 0.15) is 17.7 Å². The first-order valence-electron chi connectivity index (χ1n) is 11.7. The fourth-order valence-electron chi connectivity index (χ4n) is 4.50. The van der Waals surface area contributed by atoms with E-state index in [2.05, 4.69) is 10.3 Å². The van der Waals surface area contributed by atoms with Crippen LogP contribution < -0.4 is 26.7 Å². The third-order valence-corrected chi connectivity index (χ3v) is 11.8. The van der Waals surface area contributed by atoms with Crippen molar-refractivity contribution in [2.45, 2.75) is 40.6 Å². The van der Waals surface area contributed by atoms with E-state index in [0.717, 1.165) is 35.5 Å². The number of nitrogens with one attached hydrogen (secondary N) is 1. The number of anilines is 1. The molecule has 0 bridgehead atoms. The van der Waals surface area contributed by atoms with Crippen molar-refractivity contribution >= 4 is 94.0 Å². The Kier molecular flexibility index (Phi) is 8.69. The molecule has 2 aromatic rings. The van der Waals surface area contributed by atoms with E-state index >= 15 is 0 Å². The number of aromatic nitrogens is 2. The van der Waals surface area contributed by atoms with Crippen molar-refractivity contribution in [2.75, 3.05) is 28.2 Å². The highest BCUT2D eigenvalue weighted by atomic mass is 35.5. The average molecular weight is 646 g/mol. The average Bonchev–Trinajstić information content (AvgIpc) is 3.40. The predicted octanol–water partition coefficient (Wildman–Crippen LogP) is 1.40. The second-order valence-corrected chi connectivity index (χ2v) is 14.1. The Morgan fingerprint density at radius 3 is 2.82 bits per heavy atom. The van der Waals surface area contributed by atoms with E-state index in [1.165, 1.54) is 56.6 Å². The number of nitrogens with two attached hydrogens (primary N) is 2. The highest BCUT2D eigenvalue weighted by Gasteiger charge is 2.52. The summed E-state index contributed by atoms with van der Waals surface area (Å²) in [4.78, 5) is 44.3.